The van der Waals surface area contributed by atoms with Crippen LogP contribution in [0.2, 0.25) is 0 Å². The first-order valence-electron chi connectivity index (χ1n) is 7.10. The van der Waals surface area contributed by atoms with Crippen molar-refractivity contribution in [3.8, 4) is 0 Å². The van der Waals surface area contributed by atoms with E-state index in [-0.39, 0.29) is 0 Å². The van der Waals surface area contributed by atoms with Gasteiger partial charge in [0, 0.05) is 17.6 Å². The second-order valence-electron chi connectivity index (χ2n) is 6.92. The lowest BCUT2D eigenvalue weighted by atomic mass is 9.69. The first-order valence-corrected chi connectivity index (χ1v) is 7.98. The fourth-order valence-corrected chi connectivity index (χ4v) is 4.93. The quantitative estimate of drug-likeness (QED) is 0.892. The molecule has 1 N–H and O–H groups in total. The highest BCUT2D eigenvalue weighted by molar-refractivity contribution is 7.09. The SMILES string of the molecule is CC(NC1CC2CCC1(C)C2(C)C)c1nccs1. The Morgan fingerprint density at radius 2 is 2.22 bits per heavy atom. The monoisotopic (exact) mass is 264 g/mol. The molecular weight excluding hydrogens is 240 g/mol. The molecule has 3 rings (SSSR count). The lowest BCUT2D eigenvalue weighted by molar-refractivity contribution is 0.116. The molecule has 2 bridgehead atoms. The second kappa shape index (κ2) is 4.04. The van der Waals surface area contributed by atoms with Gasteiger partial charge in [0.05, 0.1) is 6.04 Å². The second-order valence-corrected chi connectivity index (χ2v) is 7.85. The van der Waals surface area contributed by atoms with Crippen LogP contribution in [0, 0.1) is 16.7 Å². The first-order chi connectivity index (χ1) is 8.45. The molecule has 100 valence electrons. The zero-order valence-corrected chi connectivity index (χ0v) is 12.7. The van der Waals surface area contributed by atoms with Gasteiger partial charge >= 0.3 is 0 Å². The third kappa shape index (κ3) is 1.60. The molecule has 4 atom stereocenters. The molecular formula is C15H24N2S. The van der Waals surface area contributed by atoms with Crippen LogP contribution in [-0.2, 0) is 0 Å². The van der Waals surface area contributed by atoms with E-state index in [1.165, 1.54) is 24.3 Å². The number of hydrogen-bond donors (Lipinski definition) is 1. The van der Waals surface area contributed by atoms with Crippen LogP contribution in [0.3, 0.4) is 0 Å². The van der Waals surface area contributed by atoms with Crippen molar-refractivity contribution >= 4 is 11.3 Å². The number of hydrogen-bond acceptors (Lipinski definition) is 3. The van der Waals surface area contributed by atoms with Gasteiger partial charge in [-0.1, -0.05) is 20.8 Å². The maximum atomic E-state index is 4.44. The molecule has 1 aromatic rings. The highest BCUT2D eigenvalue weighted by Crippen LogP contribution is 2.65. The summed E-state index contributed by atoms with van der Waals surface area (Å²) in [4.78, 5) is 4.44. The Labute approximate surface area is 114 Å². The van der Waals surface area contributed by atoms with Crippen LogP contribution >= 0.6 is 11.3 Å². The van der Waals surface area contributed by atoms with E-state index in [4.69, 9.17) is 0 Å². The molecule has 0 radical (unpaired) electrons. The van der Waals surface area contributed by atoms with Crippen LogP contribution in [-0.4, -0.2) is 11.0 Å². The van der Waals surface area contributed by atoms with Gasteiger partial charge < -0.3 is 5.32 Å². The molecule has 0 aromatic carbocycles. The summed E-state index contributed by atoms with van der Waals surface area (Å²) < 4.78 is 0. The molecule has 0 aliphatic heterocycles. The average Bonchev–Trinajstić information content (AvgIpc) is 2.95. The Bertz CT molecular complexity index is 426. The van der Waals surface area contributed by atoms with Crippen LogP contribution in [0.5, 0.6) is 0 Å². The van der Waals surface area contributed by atoms with Crippen LogP contribution < -0.4 is 5.32 Å². The van der Waals surface area contributed by atoms with Crippen molar-refractivity contribution in [2.45, 2.75) is 59.0 Å². The van der Waals surface area contributed by atoms with E-state index < -0.39 is 0 Å². The van der Waals surface area contributed by atoms with E-state index in [0.29, 0.717) is 22.9 Å². The maximum absolute atomic E-state index is 4.44. The first kappa shape index (κ1) is 12.6. The highest BCUT2D eigenvalue weighted by atomic mass is 32.1. The summed E-state index contributed by atoms with van der Waals surface area (Å²) in [5, 5.41) is 7.15. The summed E-state index contributed by atoms with van der Waals surface area (Å²) in [7, 11) is 0. The number of fused-ring (bicyclic) bond motifs is 2. The average molecular weight is 264 g/mol. The Morgan fingerprint density at radius 1 is 1.44 bits per heavy atom. The highest BCUT2D eigenvalue weighted by Gasteiger charge is 2.61. The Morgan fingerprint density at radius 3 is 2.72 bits per heavy atom. The number of aromatic nitrogens is 1. The summed E-state index contributed by atoms with van der Waals surface area (Å²) in [6.45, 7) is 9.69. The number of thiazole rings is 1. The Kier molecular flexibility index (Phi) is 2.83. The van der Waals surface area contributed by atoms with Crippen molar-refractivity contribution < 1.29 is 0 Å². The molecule has 1 heterocycles. The van der Waals surface area contributed by atoms with Crippen molar-refractivity contribution in [2.24, 2.45) is 16.7 Å². The van der Waals surface area contributed by atoms with E-state index in [9.17, 15) is 0 Å². The lowest BCUT2D eigenvalue weighted by Crippen LogP contribution is -2.45. The molecule has 1 aromatic heterocycles. The predicted octanol–water partition coefficient (Wildman–Crippen LogP) is 4.01. The summed E-state index contributed by atoms with van der Waals surface area (Å²) in [5.41, 5.74) is 0.955. The third-order valence-electron chi connectivity index (χ3n) is 6.07. The smallest absolute Gasteiger partial charge is 0.109 e. The minimum Gasteiger partial charge on any atom is -0.305 e. The molecule has 4 unspecified atom stereocenters. The Balaban J connectivity index is 1.76. The van der Waals surface area contributed by atoms with Gasteiger partial charge in [-0.25, -0.2) is 4.98 Å². The summed E-state index contributed by atoms with van der Waals surface area (Å²) >= 11 is 1.76. The number of nitrogens with one attached hydrogen (secondary N) is 1. The summed E-state index contributed by atoms with van der Waals surface area (Å²) in [6, 6.07) is 1.05. The Hall–Kier alpha value is -0.410. The number of nitrogens with zero attached hydrogens (tertiary/aromatic N) is 1. The van der Waals surface area contributed by atoms with Gasteiger partial charge in [0.1, 0.15) is 5.01 Å². The third-order valence-corrected chi connectivity index (χ3v) is 7.03. The largest absolute Gasteiger partial charge is 0.305 e. The molecule has 18 heavy (non-hydrogen) atoms. The standard InChI is InChI=1S/C15H24N2S/c1-10(13-16-7-8-18-13)17-12-9-11-5-6-15(12,4)14(11,2)3/h7-8,10-12,17H,5-6,9H2,1-4H3. The molecule has 2 aliphatic carbocycles. The van der Waals surface area contributed by atoms with Gasteiger partial charge in [-0.15, -0.1) is 11.3 Å². The van der Waals surface area contributed by atoms with E-state index in [2.05, 4.69) is 43.4 Å². The summed E-state index contributed by atoms with van der Waals surface area (Å²) in [6.07, 6.45) is 6.06. The van der Waals surface area contributed by atoms with Crippen LogP contribution in [0.4, 0.5) is 0 Å². The topological polar surface area (TPSA) is 24.9 Å². The molecule has 0 saturated heterocycles. The van der Waals surface area contributed by atoms with Gasteiger partial charge in [-0.05, 0) is 42.9 Å². The molecule has 2 fully saturated rings. The van der Waals surface area contributed by atoms with Crippen molar-refractivity contribution in [1.29, 1.82) is 0 Å². The van der Waals surface area contributed by atoms with Gasteiger partial charge in [0.15, 0.2) is 0 Å². The van der Waals surface area contributed by atoms with Gasteiger partial charge in [-0.3, -0.25) is 0 Å². The molecule has 0 spiro atoms. The molecule has 2 nitrogen and oxygen atoms in total. The normalized spacial score (nSPS) is 39.1. The zero-order chi connectivity index (χ0) is 13.0. The molecule has 2 saturated carbocycles. The fraction of sp³-hybridized carbons (Fsp3) is 0.800. The number of rotatable bonds is 3. The van der Waals surface area contributed by atoms with E-state index >= 15 is 0 Å². The van der Waals surface area contributed by atoms with Crippen molar-refractivity contribution in [3.05, 3.63) is 16.6 Å². The van der Waals surface area contributed by atoms with Crippen molar-refractivity contribution in [3.63, 3.8) is 0 Å². The predicted molar refractivity (Wildman–Crippen MR) is 76.7 cm³/mol. The van der Waals surface area contributed by atoms with Gasteiger partial charge in [0.25, 0.3) is 0 Å². The lowest BCUT2D eigenvalue weighted by Gasteiger charge is -2.40. The van der Waals surface area contributed by atoms with Gasteiger partial charge in [0.2, 0.25) is 0 Å². The fourth-order valence-electron chi connectivity index (χ4n) is 4.28. The van der Waals surface area contributed by atoms with Crippen molar-refractivity contribution in [2.75, 3.05) is 0 Å². The molecule has 3 heteroatoms. The van der Waals surface area contributed by atoms with Crippen LogP contribution in [0.25, 0.3) is 0 Å². The maximum Gasteiger partial charge on any atom is 0.109 e. The minimum absolute atomic E-state index is 0.391. The van der Waals surface area contributed by atoms with Gasteiger partial charge in [-0.2, -0.15) is 0 Å². The van der Waals surface area contributed by atoms with Crippen molar-refractivity contribution in [1.82, 2.24) is 10.3 Å². The van der Waals surface area contributed by atoms with Crippen LogP contribution in [0.15, 0.2) is 11.6 Å². The summed E-state index contributed by atoms with van der Waals surface area (Å²) in [5.74, 6) is 0.906. The van der Waals surface area contributed by atoms with E-state index in [1.807, 2.05) is 6.20 Å². The molecule has 0 amide bonds. The minimum atomic E-state index is 0.391. The molecule has 2 aliphatic rings. The van der Waals surface area contributed by atoms with E-state index in [1.54, 1.807) is 11.3 Å². The van der Waals surface area contributed by atoms with E-state index in [0.717, 1.165) is 5.92 Å². The van der Waals surface area contributed by atoms with Crippen LogP contribution in [0.1, 0.15) is 58.0 Å². The zero-order valence-electron chi connectivity index (χ0n) is 11.9.